The monoisotopic (exact) mass is 628 g/mol. The molecule has 8 heteroatoms. The molecule has 8 nitrogen and oxygen atoms in total. The highest BCUT2D eigenvalue weighted by atomic mass is 16.5. The number of alkyl carbamates (subject to hydrolysis) is 1. The van der Waals surface area contributed by atoms with E-state index in [4.69, 9.17) is 9.72 Å². The Morgan fingerprint density at radius 1 is 0.979 bits per heavy atom. The van der Waals surface area contributed by atoms with E-state index in [1.165, 1.54) is 47.8 Å². The predicted octanol–water partition coefficient (Wildman–Crippen LogP) is 7.85. The number of aromatic hydroxyl groups is 1. The Balaban J connectivity index is 1.15. The maximum Gasteiger partial charge on any atom is 0.407 e. The van der Waals surface area contributed by atoms with Crippen LogP contribution in [0.5, 0.6) is 5.75 Å². The van der Waals surface area contributed by atoms with Crippen molar-refractivity contribution in [1.82, 2.24) is 20.2 Å². The Bertz CT molecular complexity index is 2050. The molecule has 2 amide bonds. The maximum atomic E-state index is 13.7. The Kier molecular flexibility index (Phi) is 7.19. The average molecular weight is 629 g/mol. The van der Waals surface area contributed by atoms with E-state index in [0.717, 1.165) is 52.5 Å². The lowest BCUT2D eigenvalue weighted by Gasteiger charge is -2.32. The first-order chi connectivity index (χ1) is 22.8. The molecule has 1 saturated heterocycles. The van der Waals surface area contributed by atoms with Crippen molar-refractivity contribution >= 4 is 33.8 Å². The fourth-order valence-corrected chi connectivity index (χ4v) is 8.33. The quantitative estimate of drug-likeness (QED) is 0.178. The number of nitrogens with one attached hydrogen (secondary N) is 2. The smallest absolute Gasteiger partial charge is 0.407 e. The van der Waals surface area contributed by atoms with Crippen LogP contribution < -0.4 is 5.32 Å². The summed E-state index contributed by atoms with van der Waals surface area (Å²) in [6.45, 7) is 4.47. The number of imidazole rings is 1. The zero-order valence-electron chi connectivity index (χ0n) is 27.0. The predicted molar refractivity (Wildman–Crippen MR) is 183 cm³/mol. The van der Waals surface area contributed by atoms with Crippen molar-refractivity contribution in [2.45, 2.75) is 64.0 Å². The number of phenols is 1. The third kappa shape index (κ3) is 4.84. The fourth-order valence-electron chi connectivity index (χ4n) is 8.33. The van der Waals surface area contributed by atoms with Gasteiger partial charge in [-0.1, -0.05) is 62.4 Å². The molecular weight excluding hydrogens is 588 g/mol. The molecule has 3 N–H and O–H groups in total. The van der Waals surface area contributed by atoms with Gasteiger partial charge in [-0.25, -0.2) is 9.78 Å². The number of hydrogen-bond donors (Lipinski definition) is 3. The summed E-state index contributed by atoms with van der Waals surface area (Å²) in [5, 5.41) is 15.3. The third-order valence-corrected chi connectivity index (χ3v) is 10.9. The van der Waals surface area contributed by atoms with Gasteiger partial charge < -0.3 is 25.0 Å². The molecular formula is C39H40N4O4. The van der Waals surface area contributed by atoms with Crippen LogP contribution in [0.15, 0.2) is 66.7 Å². The molecule has 0 bridgehead atoms. The second-order valence-electron chi connectivity index (χ2n) is 13.8. The second kappa shape index (κ2) is 11.4. The summed E-state index contributed by atoms with van der Waals surface area (Å²) in [6, 6.07) is 22.2. The number of likely N-dealkylation sites (tertiary alicyclic amines) is 1. The highest BCUT2D eigenvalue weighted by molar-refractivity contribution is 6.01. The van der Waals surface area contributed by atoms with Crippen LogP contribution in [0, 0.1) is 11.8 Å². The number of phenolic OH excluding ortho intramolecular Hbond substituents is 1. The molecule has 3 aliphatic rings. The summed E-state index contributed by atoms with van der Waals surface area (Å²) >= 11 is 0. The van der Waals surface area contributed by atoms with E-state index >= 15 is 0 Å². The van der Waals surface area contributed by atoms with Crippen molar-refractivity contribution in [3.05, 3.63) is 83.7 Å². The molecule has 2 heterocycles. The van der Waals surface area contributed by atoms with Gasteiger partial charge in [-0.2, -0.15) is 0 Å². The minimum atomic E-state index is -0.668. The molecule has 240 valence electrons. The summed E-state index contributed by atoms with van der Waals surface area (Å²) in [6.07, 6.45) is 4.65. The van der Waals surface area contributed by atoms with Crippen LogP contribution in [0.3, 0.4) is 0 Å². The molecule has 1 aromatic heterocycles. The third-order valence-electron chi connectivity index (χ3n) is 10.9. The number of ether oxygens (including phenoxy) is 1. The number of benzene rings is 4. The van der Waals surface area contributed by atoms with Gasteiger partial charge in [0.1, 0.15) is 17.6 Å². The van der Waals surface area contributed by atoms with Gasteiger partial charge in [-0.15, -0.1) is 0 Å². The van der Waals surface area contributed by atoms with Crippen LogP contribution in [-0.2, 0) is 16.0 Å². The number of carbonyl (C=O) groups is 2. The first-order valence-electron chi connectivity index (χ1n) is 16.8. The van der Waals surface area contributed by atoms with Gasteiger partial charge in [0, 0.05) is 11.9 Å². The van der Waals surface area contributed by atoms with Crippen molar-refractivity contribution in [3.8, 4) is 28.0 Å². The number of H-pyrrole nitrogens is 1. The largest absolute Gasteiger partial charge is 0.507 e. The maximum absolute atomic E-state index is 13.7. The average Bonchev–Trinajstić information content (AvgIpc) is 3.78. The first kappa shape index (κ1) is 29.5. The van der Waals surface area contributed by atoms with Crippen molar-refractivity contribution in [2.75, 3.05) is 13.7 Å². The molecule has 0 spiro atoms. The molecule has 5 aromatic rings. The zero-order chi connectivity index (χ0) is 32.4. The molecule has 1 aliphatic heterocycles. The number of nitrogens with zero attached hydrogens (tertiary/aromatic N) is 2. The van der Waals surface area contributed by atoms with E-state index < -0.39 is 12.1 Å². The Morgan fingerprint density at radius 2 is 1.77 bits per heavy atom. The molecule has 47 heavy (non-hydrogen) atoms. The van der Waals surface area contributed by atoms with Gasteiger partial charge in [0.2, 0.25) is 5.91 Å². The SMILES string of the molecule is COC(=O)N[C@H](C(=O)N1CCC[C@H]1c1nc2ccc(-c3ccc(-c4ccc(O)c5ccccc45)c4c3CC3CCC43)cc2[nH]1)C(C)C. The van der Waals surface area contributed by atoms with Gasteiger partial charge in [-0.3, -0.25) is 4.79 Å². The first-order valence-corrected chi connectivity index (χ1v) is 16.8. The minimum absolute atomic E-state index is 0.0859. The van der Waals surface area contributed by atoms with Gasteiger partial charge >= 0.3 is 6.09 Å². The van der Waals surface area contributed by atoms with Gasteiger partial charge in [0.05, 0.1) is 24.2 Å². The van der Waals surface area contributed by atoms with Crippen LogP contribution in [0.1, 0.15) is 68.4 Å². The lowest BCUT2D eigenvalue weighted by atomic mass is 9.73. The summed E-state index contributed by atoms with van der Waals surface area (Å²) in [5.41, 5.74) is 9.63. The molecule has 4 atom stereocenters. The van der Waals surface area contributed by atoms with Gasteiger partial charge in [0.25, 0.3) is 0 Å². The Morgan fingerprint density at radius 3 is 2.53 bits per heavy atom. The van der Waals surface area contributed by atoms with Gasteiger partial charge in [0.15, 0.2) is 0 Å². The molecule has 2 fully saturated rings. The summed E-state index contributed by atoms with van der Waals surface area (Å²) in [4.78, 5) is 36.0. The highest BCUT2D eigenvalue weighted by Gasteiger charge is 2.42. The standard InChI is InChI=1S/C39H40N4O4/c1-21(2)36(42-39(46)47-3)38(45)43-18-6-9-33(43)37-40-31-16-11-23(20-32(31)41-37)24-13-14-29(35-25-12-10-22(25)19-30(24)35)27-15-17-34(44)28-8-5-4-7-26(27)28/h4-5,7-8,11,13-17,20-22,25,33,36,44H,6,9-10,12,18-19H2,1-3H3,(H,40,41)(H,42,46)/t22?,25?,33-,36-/m0/s1. The molecule has 4 aromatic carbocycles. The summed E-state index contributed by atoms with van der Waals surface area (Å²) in [7, 11) is 1.31. The topological polar surface area (TPSA) is 108 Å². The van der Waals surface area contributed by atoms with Crippen LogP contribution >= 0.6 is 0 Å². The normalized spacial score (nSPS) is 20.7. The van der Waals surface area contributed by atoms with Crippen molar-refractivity contribution < 1.29 is 19.4 Å². The fraction of sp³-hybridized carbons (Fsp3) is 0.359. The van der Waals surface area contributed by atoms with Crippen LogP contribution in [0.2, 0.25) is 0 Å². The lowest BCUT2D eigenvalue weighted by molar-refractivity contribution is -0.135. The zero-order valence-corrected chi connectivity index (χ0v) is 27.0. The number of fused-ring (bicyclic) bond motifs is 5. The van der Waals surface area contributed by atoms with E-state index in [9.17, 15) is 14.7 Å². The summed E-state index contributed by atoms with van der Waals surface area (Å²) in [5.74, 6) is 2.16. The molecule has 1 saturated carbocycles. The Labute approximate surface area is 274 Å². The highest BCUT2D eigenvalue weighted by Crippen LogP contribution is 2.56. The second-order valence-corrected chi connectivity index (χ2v) is 13.8. The van der Waals surface area contributed by atoms with Crippen LogP contribution in [-0.4, -0.2) is 51.7 Å². The number of carbonyl (C=O) groups excluding carboxylic acids is 2. The van der Waals surface area contributed by atoms with Crippen LogP contribution in [0.4, 0.5) is 4.79 Å². The number of aromatic nitrogens is 2. The summed E-state index contributed by atoms with van der Waals surface area (Å²) < 4.78 is 4.79. The van der Waals surface area contributed by atoms with Crippen LogP contribution in [0.25, 0.3) is 44.1 Å². The van der Waals surface area contributed by atoms with E-state index in [0.29, 0.717) is 24.1 Å². The van der Waals surface area contributed by atoms with E-state index in [-0.39, 0.29) is 17.9 Å². The molecule has 2 unspecified atom stereocenters. The molecule has 8 rings (SSSR count). The number of hydrogen-bond acceptors (Lipinski definition) is 5. The van der Waals surface area contributed by atoms with E-state index in [1.54, 1.807) is 0 Å². The van der Waals surface area contributed by atoms with E-state index in [2.05, 4.69) is 52.8 Å². The Hall–Kier alpha value is -4.85. The van der Waals surface area contributed by atoms with Crippen molar-refractivity contribution in [2.24, 2.45) is 11.8 Å². The number of methoxy groups -OCH3 is 1. The molecule has 2 aliphatic carbocycles. The van der Waals surface area contributed by atoms with Gasteiger partial charge in [-0.05, 0) is 107 Å². The number of amides is 2. The van der Waals surface area contributed by atoms with Crippen molar-refractivity contribution in [1.29, 1.82) is 0 Å². The minimum Gasteiger partial charge on any atom is -0.507 e. The number of rotatable bonds is 6. The number of aromatic amines is 1. The van der Waals surface area contributed by atoms with E-state index in [1.807, 2.05) is 43.0 Å². The van der Waals surface area contributed by atoms with Crippen molar-refractivity contribution in [3.63, 3.8) is 0 Å². The molecule has 0 radical (unpaired) electrons. The lowest BCUT2D eigenvalue weighted by Crippen LogP contribution is -2.51.